The molecule has 5 heteroatoms. The van der Waals surface area contributed by atoms with Gasteiger partial charge in [-0.2, -0.15) is 0 Å². The molecule has 0 spiro atoms. The fourth-order valence-corrected chi connectivity index (χ4v) is 4.73. The van der Waals surface area contributed by atoms with E-state index in [0.717, 1.165) is 19.2 Å². The van der Waals surface area contributed by atoms with E-state index in [1.54, 1.807) is 0 Å². The molecule has 0 saturated carbocycles. The van der Waals surface area contributed by atoms with Crippen molar-refractivity contribution in [2.24, 2.45) is 0 Å². The number of hydrogen-bond acceptors (Lipinski definition) is 3. The van der Waals surface area contributed by atoms with Gasteiger partial charge in [-0.1, -0.05) is 59.3 Å². The molecule has 1 unspecified atom stereocenters. The quantitative estimate of drug-likeness (QED) is 0.445. The molecule has 22 heavy (non-hydrogen) atoms. The van der Waals surface area contributed by atoms with Crippen LogP contribution >= 0.6 is 8.20 Å². The monoisotopic (exact) mass is 338 g/mol. The van der Waals surface area contributed by atoms with Crippen molar-refractivity contribution >= 4 is 28.0 Å². The number of esters is 1. The first-order valence-electron chi connectivity index (χ1n) is 7.45. The molecule has 0 radical (unpaired) electrons. The maximum absolute atomic E-state index is 12.4. The molecule has 1 aromatic carbocycles. The SMILES string of the molecule is COC(=O)C(C(O[Si](C)(C)C)=PC(C)(C)C)c1ccccc1. The maximum Gasteiger partial charge on any atom is 0.320 e. The van der Waals surface area contributed by atoms with Crippen molar-refractivity contribution in [1.82, 2.24) is 0 Å². The zero-order chi connectivity index (χ0) is 17.0. The minimum atomic E-state index is -1.83. The summed E-state index contributed by atoms with van der Waals surface area (Å²) in [6.45, 7) is 12.8. The van der Waals surface area contributed by atoms with Crippen LogP contribution in [0.15, 0.2) is 30.3 Å². The van der Waals surface area contributed by atoms with E-state index in [0.29, 0.717) is 0 Å². The Morgan fingerprint density at radius 1 is 1.14 bits per heavy atom. The lowest BCUT2D eigenvalue weighted by Crippen LogP contribution is -2.35. The van der Waals surface area contributed by atoms with Gasteiger partial charge in [0.15, 0.2) is 8.32 Å². The number of benzene rings is 1. The smallest absolute Gasteiger partial charge is 0.320 e. The number of ether oxygens (including phenoxy) is 1. The van der Waals surface area contributed by atoms with Crippen molar-refractivity contribution in [2.75, 3.05) is 7.11 Å². The third kappa shape index (κ3) is 6.43. The predicted octanol–water partition coefficient (Wildman–Crippen LogP) is 4.67. The van der Waals surface area contributed by atoms with E-state index in [-0.39, 0.29) is 11.1 Å². The number of hydrogen-bond donors (Lipinski definition) is 0. The first-order valence-corrected chi connectivity index (χ1v) is 11.8. The average molecular weight is 338 g/mol. The van der Waals surface area contributed by atoms with Crippen molar-refractivity contribution in [3.8, 4) is 0 Å². The van der Waals surface area contributed by atoms with Gasteiger partial charge in [0.2, 0.25) is 0 Å². The highest BCUT2D eigenvalue weighted by Crippen LogP contribution is 2.32. The van der Waals surface area contributed by atoms with Crippen molar-refractivity contribution < 1.29 is 14.0 Å². The third-order valence-corrected chi connectivity index (χ3v) is 4.92. The van der Waals surface area contributed by atoms with Gasteiger partial charge in [0.1, 0.15) is 5.92 Å². The van der Waals surface area contributed by atoms with Gasteiger partial charge >= 0.3 is 5.97 Å². The largest absolute Gasteiger partial charge is 0.468 e. The highest BCUT2D eigenvalue weighted by molar-refractivity contribution is 7.42. The van der Waals surface area contributed by atoms with E-state index < -0.39 is 14.2 Å². The summed E-state index contributed by atoms with van der Waals surface area (Å²) in [5, 5.41) is 0.00996. The summed E-state index contributed by atoms with van der Waals surface area (Å²) in [4.78, 5) is 12.4. The van der Waals surface area contributed by atoms with E-state index in [4.69, 9.17) is 9.16 Å². The van der Waals surface area contributed by atoms with Crippen LogP contribution in [0.25, 0.3) is 0 Å². The first-order chi connectivity index (χ1) is 10.0. The molecule has 3 nitrogen and oxygen atoms in total. The highest BCUT2D eigenvalue weighted by Gasteiger charge is 2.32. The Kier molecular flexibility index (Phi) is 6.54. The number of carbonyl (C=O) groups excluding carboxylic acids is 1. The second-order valence-electron chi connectivity index (χ2n) is 7.20. The molecule has 0 saturated heterocycles. The Hall–Kier alpha value is -0.963. The molecule has 1 aromatic rings. The van der Waals surface area contributed by atoms with Crippen LogP contribution in [-0.2, 0) is 14.0 Å². The lowest BCUT2D eigenvalue weighted by molar-refractivity contribution is -0.140. The van der Waals surface area contributed by atoms with Gasteiger partial charge in [0.05, 0.1) is 12.6 Å². The van der Waals surface area contributed by atoms with Gasteiger partial charge in [-0.25, -0.2) is 0 Å². The number of methoxy groups -OCH3 is 1. The molecule has 1 atom stereocenters. The summed E-state index contributed by atoms with van der Waals surface area (Å²) < 4.78 is 11.3. The van der Waals surface area contributed by atoms with Crippen LogP contribution in [0.1, 0.15) is 32.3 Å². The van der Waals surface area contributed by atoms with E-state index >= 15 is 0 Å². The van der Waals surface area contributed by atoms with E-state index in [1.807, 2.05) is 30.3 Å². The van der Waals surface area contributed by atoms with Crippen LogP contribution in [-0.4, -0.2) is 32.0 Å². The van der Waals surface area contributed by atoms with Crippen molar-refractivity contribution in [3.05, 3.63) is 35.9 Å². The van der Waals surface area contributed by atoms with Crippen molar-refractivity contribution in [3.63, 3.8) is 0 Å². The summed E-state index contributed by atoms with van der Waals surface area (Å²) in [6.07, 6.45) is 0. The fourth-order valence-electron chi connectivity index (χ4n) is 1.93. The van der Waals surface area contributed by atoms with Gasteiger partial charge in [0, 0.05) is 5.16 Å². The molecule has 0 aliphatic rings. The summed E-state index contributed by atoms with van der Waals surface area (Å²) in [5.74, 6) is -0.741. The van der Waals surface area contributed by atoms with Crippen LogP contribution < -0.4 is 0 Å². The lowest BCUT2D eigenvalue weighted by atomic mass is 10.0. The van der Waals surface area contributed by atoms with Gasteiger partial charge in [-0.15, -0.1) is 0 Å². The molecule has 0 bridgehead atoms. The normalized spacial score (nSPS) is 14.6. The zero-order valence-electron chi connectivity index (χ0n) is 14.6. The standard InChI is InChI=1S/C17H27O3PSi/c1-17(2,3)21-16(20-22(5,6)7)14(15(18)19-4)13-11-9-8-10-12-13/h8-12,14H,1-7H3. The zero-order valence-corrected chi connectivity index (χ0v) is 16.5. The highest BCUT2D eigenvalue weighted by atomic mass is 31.1. The molecule has 0 aromatic heterocycles. The maximum atomic E-state index is 12.4. The van der Waals surface area contributed by atoms with Gasteiger partial charge in [0.25, 0.3) is 0 Å². The second-order valence-corrected chi connectivity index (χ2v) is 13.6. The Labute approximate surface area is 137 Å². The average Bonchev–Trinajstić information content (AvgIpc) is 2.36. The van der Waals surface area contributed by atoms with E-state index in [9.17, 15) is 4.79 Å². The molecule has 0 aliphatic carbocycles. The van der Waals surface area contributed by atoms with Gasteiger partial charge < -0.3 is 9.16 Å². The Morgan fingerprint density at radius 2 is 1.68 bits per heavy atom. The summed E-state index contributed by atoms with van der Waals surface area (Å²) in [7, 11) is 0.623. The molecular formula is C17H27O3PSi. The first kappa shape index (κ1) is 19.1. The van der Waals surface area contributed by atoms with Crippen LogP contribution in [0.5, 0.6) is 0 Å². The van der Waals surface area contributed by atoms with Crippen LogP contribution in [0.2, 0.25) is 19.6 Å². The third-order valence-electron chi connectivity index (χ3n) is 2.67. The molecule has 0 N–H and O–H groups in total. The van der Waals surface area contributed by atoms with Crippen LogP contribution in [0.3, 0.4) is 0 Å². The molecule has 0 aliphatic heterocycles. The summed E-state index contributed by atoms with van der Waals surface area (Å²) in [6, 6.07) is 9.72. The molecule has 122 valence electrons. The Morgan fingerprint density at radius 3 is 2.09 bits per heavy atom. The summed E-state index contributed by atoms with van der Waals surface area (Å²) >= 11 is 0. The summed E-state index contributed by atoms with van der Waals surface area (Å²) in [5.41, 5.74) is 1.71. The van der Waals surface area contributed by atoms with Crippen molar-refractivity contribution in [1.29, 1.82) is 0 Å². The topological polar surface area (TPSA) is 35.5 Å². The minimum absolute atomic E-state index is 0.00996. The number of rotatable bonds is 5. The van der Waals surface area contributed by atoms with E-state index in [2.05, 4.69) is 40.4 Å². The number of carbonyl (C=O) groups is 1. The van der Waals surface area contributed by atoms with Gasteiger partial charge in [-0.3, -0.25) is 4.79 Å². The van der Waals surface area contributed by atoms with Crippen LogP contribution in [0.4, 0.5) is 0 Å². The predicted molar refractivity (Wildman–Crippen MR) is 97.3 cm³/mol. The Bertz CT molecular complexity index is 527. The second kappa shape index (κ2) is 7.54. The van der Waals surface area contributed by atoms with Gasteiger partial charge in [-0.05, 0) is 25.2 Å². The minimum Gasteiger partial charge on any atom is -0.468 e. The molecule has 0 heterocycles. The molecule has 0 fully saturated rings. The van der Waals surface area contributed by atoms with Crippen molar-refractivity contribution in [2.45, 2.75) is 51.5 Å². The van der Waals surface area contributed by atoms with E-state index in [1.165, 1.54) is 7.11 Å². The molecule has 1 rings (SSSR count). The fraction of sp³-hybridized carbons (Fsp3) is 0.529. The molecule has 0 amide bonds. The Balaban J connectivity index is 3.37. The molecular weight excluding hydrogens is 311 g/mol. The van der Waals surface area contributed by atoms with Crippen LogP contribution in [0, 0.1) is 0 Å². The lowest BCUT2D eigenvalue weighted by Gasteiger charge is -2.27.